The van der Waals surface area contributed by atoms with Gasteiger partial charge in [0.15, 0.2) is 11.5 Å². The minimum Gasteiger partial charge on any atom is -0.459 e. The zero-order valence-corrected chi connectivity index (χ0v) is 13.8. The van der Waals surface area contributed by atoms with E-state index in [0.717, 1.165) is 0 Å². The third kappa shape index (κ3) is 4.32. The lowest BCUT2D eigenvalue weighted by Crippen LogP contribution is -2.47. The van der Waals surface area contributed by atoms with Crippen LogP contribution in [0.5, 0.6) is 0 Å². The lowest BCUT2D eigenvalue weighted by molar-refractivity contribution is -0.118. The smallest absolute Gasteiger partial charge is 0.287 e. The van der Waals surface area contributed by atoms with E-state index < -0.39 is 11.9 Å². The molecule has 0 aliphatic carbocycles. The molecule has 6 nitrogen and oxygen atoms in total. The summed E-state index contributed by atoms with van der Waals surface area (Å²) in [7, 11) is 0. The summed E-state index contributed by atoms with van der Waals surface area (Å²) in [4.78, 5) is 36.0. The number of hydrogen-bond donors (Lipinski definition) is 2. The number of carbonyl (C=O) groups excluding carboxylic acids is 3. The number of benzene rings is 1. The zero-order chi connectivity index (χ0) is 17.7. The van der Waals surface area contributed by atoms with E-state index in [0.29, 0.717) is 11.3 Å². The molecule has 2 aromatic rings. The molecule has 0 aliphatic heterocycles. The van der Waals surface area contributed by atoms with E-state index in [4.69, 9.17) is 4.42 Å². The lowest BCUT2D eigenvalue weighted by atomic mass is 10.0. The van der Waals surface area contributed by atoms with E-state index in [1.807, 2.05) is 13.8 Å². The Hall–Kier alpha value is -2.89. The summed E-state index contributed by atoms with van der Waals surface area (Å²) in [6.45, 7) is 5.12. The minimum absolute atomic E-state index is 0.0855. The van der Waals surface area contributed by atoms with Crippen molar-refractivity contribution in [2.75, 3.05) is 5.32 Å². The Morgan fingerprint density at radius 3 is 2.42 bits per heavy atom. The first-order valence-electron chi connectivity index (χ1n) is 7.64. The largest absolute Gasteiger partial charge is 0.459 e. The van der Waals surface area contributed by atoms with Gasteiger partial charge < -0.3 is 15.1 Å². The Bertz CT molecular complexity index is 735. The summed E-state index contributed by atoms with van der Waals surface area (Å²) >= 11 is 0. The predicted octanol–water partition coefficient (Wildman–Crippen LogP) is 2.88. The second-order valence-corrected chi connectivity index (χ2v) is 5.80. The van der Waals surface area contributed by atoms with Gasteiger partial charge in [0.25, 0.3) is 5.91 Å². The molecule has 1 aromatic carbocycles. The second kappa shape index (κ2) is 7.59. The summed E-state index contributed by atoms with van der Waals surface area (Å²) in [6, 6.07) is 9.06. The number of anilines is 1. The average Bonchev–Trinajstić information content (AvgIpc) is 3.06. The highest BCUT2D eigenvalue weighted by molar-refractivity contribution is 6.01. The SMILES string of the molecule is CC(=O)c1cccc(NC(=O)C(NC(=O)c2ccco2)C(C)C)c1. The Balaban J connectivity index is 2.10. The topological polar surface area (TPSA) is 88.4 Å². The van der Waals surface area contributed by atoms with Crippen LogP contribution < -0.4 is 10.6 Å². The van der Waals surface area contributed by atoms with Gasteiger partial charge in [-0.05, 0) is 37.1 Å². The molecule has 126 valence electrons. The van der Waals surface area contributed by atoms with Crippen LogP contribution in [0.15, 0.2) is 47.1 Å². The Morgan fingerprint density at radius 2 is 1.83 bits per heavy atom. The summed E-state index contributed by atoms with van der Waals surface area (Å²) in [5.74, 6) is -0.874. The van der Waals surface area contributed by atoms with Crippen LogP contribution >= 0.6 is 0 Å². The van der Waals surface area contributed by atoms with Gasteiger partial charge in [-0.1, -0.05) is 26.0 Å². The number of amides is 2. The molecule has 1 aromatic heterocycles. The molecule has 0 spiro atoms. The van der Waals surface area contributed by atoms with Crippen LogP contribution in [0.2, 0.25) is 0 Å². The molecule has 0 bridgehead atoms. The van der Waals surface area contributed by atoms with Gasteiger partial charge in [0, 0.05) is 11.3 Å². The molecule has 2 amide bonds. The third-order valence-corrected chi connectivity index (χ3v) is 3.52. The number of Topliss-reactive ketones (excluding diaryl/α,β-unsaturated/α-hetero) is 1. The molecule has 0 fully saturated rings. The molecular weight excluding hydrogens is 308 g/mol. The fourth-order valence-corrected chi connectivity index (χ4v) is 2.19. The number of hydrogen-bond acceptors (Lipinski definition) is 4. The normalized spacial score (nSPS) is 11.8. The minimum atomic E-state index is -0.733. The summed E-state index contributed by atoms with van der Waals surface area (Å²) in [5, 5.41) is 5.40. The molecular formula is C18H20N2O4. The van der Waals surface area contributed by atoms with E-state index >= 15 is 0 Å². The van der Waals surface area contributed by atoms with Gasteiger partial charge in [-0.2, -0.15) is 0 Å². The monoisotopic (exact) mass is 328 g/mol. The van der Waals surface area contributed by atoms with Gasteiger partial charge in [0.1, 0.15) is 6.04 Å². The zero-order valence-electron chi connectivity index (χ0n) is 13.8. The maximum absolute atomic E-state index is 12.5. The molecule has 0 saturated carbocycles. The lowest BCUT2D eigenvalue weighted by Gasteiger charge is -2.21. The van der Waals surface area contributed by atoms with Crippen molar-refractivity contribution >= 4 is 23.3 Å². The number of nitrogens with one attached hydrogen (secondary N) is 2. The van der Waals surface area contributed by atoms with Crippen LogP contribution in [0, 0.1) is 5.92 Å². The maximum Gasteiger partial charge on any atom is 0.287 e. The molecule has 1 unspecified atom stereocenters. The van der Waals surface area contributed by atoms with Gasteiger partial charge in [-0.3, -0.25) is 14.4 Å². The van der Waals surface area contributed by atoms with Crippen LogP contribution in [0.4, 0.5) is 5.69 Å². The molecule has 1 atom stereocenters. The molecule has 6 heteroatoms. The Morgan fingerprint density at radius 1 is 1.08 bits per heavy atom. The molecule has 0 saturated heterocycles. The van der Waals surface area contributed by atoms with Gasteiger partial charge in [0.05, 0.1) is 6.26 Å². The van der Waals surface area contributed by atoms with Crippen LogP contribution in [-0.4, -0.2) is 23.6 Å². The summed E-state index contributed by atoms with van der Waals surface area (Å²) in [6.07, 6.45) is 1.40. The first-order chi connectivity index (χ1) is 11.4. The van der Waals surface area contributed by atoms with Crippen LogP contribution in [0.3, 0.4) is 0 Å². The van der Waals surface area contributed by atoms with Crippen molar-refractivity contribution in [3.05, 3.63) is 54.0 Å². The number of ketones is 1. The molecule has 0 radical (unpaired) electrons. The van der Waals surface area contributed by atoms with Crippen molar-refractivity contribution in [3.63, 3.8) is 0 Å². The Labute approximate surface area is 140 Å². The van der Waals surface area contributed by atoms with Gasteiger partial charge >= 0.3 is 0 Å². The summed E-state index contributed by atoms with van der Waals surface area (Å²) in [5.41, 5.74) is 1.01. The third-order valence-electron chi connectivity index (χ3n) is 3.52. The highest BCUT2D eigenvalue weighted by atomic mass is 16.3. The van der Waals surface area contributed by atoms with Crippen LogP contribution in [0.25, 0.3) is 0 Å². The highest BCUT2D eigenvalue weighted by Gasteiger charge is 2.25. The standard InChI is InChI=1S/C18H20N2O4/c1-11(2)16(20-17(22)15-8-5-9-24-15)18(23)19-14-7-4-6-13(10-14)12(3)21/h4-11,16H,1-3H3,(H,19,23)(H,20,22). The highest BCUT2D eigenvalue weighted by Crippen LogP contribution is 2.13. The molecule has 2 rings (SSSR count). The maximum atomic E-state index is 12.5. The van der Waals surface area contributed by atoms with Crippen molar-refractivity contribution in [2.24, 2.45) is 5.92 Å². The van der Waals surface area contributed by atoms with E-state index in [2.05, 4.69) is 10.6 Å². The predicted molar refractivity (Wildman–Crippen MR) is 89.9 cm³/mol. The number of furan rings is 1. The van der Waals surface area contributed by atoms with E-state index in [9.17, 15) is 14.4 Å². The van der Waals surface area contributed by atoms with Crippen molar-refractivity contribution in [2.45, 2.75) is 26.8 Å². The first-order valence-corrected chi connectivity index (χ1v) is 7.64. The first kappa shape index (κ1) is 17.5. The Kier molecular flexibility index (Phi) is 5.52. The number of carbonyl (C=O) groups is 3. The molecule has 1 heterocycles. The summed E-state index contributed by atoms with van der Waals surface area (Å²) < 4.78 is 5.03. The van der Waals surface area contributed by atoms with Gasteiger partial charge in [-0.25, -0.2) is 0 Å². The fraction of sp³-hybridized carbons (Fsp3) is 0.278. The van der Waals surface area contributed by atoms with Gasteiger partial charge in [-0.15, -0.1) is 0 Å². The van der Waals surface area contributed by atoms with E-state index in [1.165, 1.54) is 19.3 Å². The molecule has 2 N–H and O–H groups in total. The van der Waals surface area contributed by atoms with Crippen molar-refractivity contribution in [3.8, 4) is 0 Å². The molecule has 24 heavy (non-hydrogen) atoms. The van der Waals surface area contributed by atoms with Crippen molar-refractivity contribution < 1.29 is 18.8 Å². The van der Waals surface area contributed by atoms with Gasteiger partial charge in [0.2, 0.25) is 5.91 Å². The van der Waals surface area contributed by atoms with Crippen molar-refractivity contribution in [1.82, 2.24) is 5.32 Å². The van der Waals surface area contributed by atoms with Crippen LogP contribution in [-0.2, 0) is 4.79 Å². The quantitative estimate of drug-likeness (QED) is 0.798. The van der Waals surface area contributed by atoms with Crippen LogP contribution in [0.1, 0.15) is 41.7 Å². The fourth-order valence-electron chi connectivity index (χ4n) is 2.19. The van der Waals surface area contributed by atoms with Crippen molar-refractivity contribution in [1.29, 1.82) is 0 Å². The van der Waals surface area contributed by atoms with E-state index in [1.54, 1.807) is 30.3 Å². The number of rotatable bonds is 6. The molecule has 0 aliphatic rings. The van der Waals surface area contributed by atoms with E-state index in [-0.39, 0.29) is 23.4 Å². The second-order valence-electron chi connectivity index (χ2n) is 5.80. The average molecular weight is 328 g/mol.